The highest BCUT2D eigenvalue weighted by Crippen LogP contribution is 2.26. The molecule has 0 unspecified atom stereocenters. The van der Waals surface area contributed by atoms with Crippen molar-refractivity contribution in [3.63, 3.8) is 0 Å². The second kappa shape index (κ2) is 8.47. The van der Waals surface area contributed by atoms with E-state index in [-0.39, 0.29) is 11.6 Å². The fourth-order valence-corrected chi connectivity index (χ4v) is 3.30. The van der Waals surface area contributed by atoms with Gasteiger partial charge in [0.25, 0.3) is 11.6 Å². The zero-order valence-corrected chi connectivity index (χ0v) is 14.6. The number of carbonyl (C=O) groups excluding carboxylic acids is 1. The molecule has 1 aliphatic rings. The van der Waals surface area contributed by atoms with Crippen LogP contribution >= 0.6 is 0 Å². The van der Waals surface area contributed by atoms with Gasteiger partial charge in [0, 0.05) is 30.4 Å². The number of non-ortho nitro benzene ring substituents is 1. The number of hydrogen-bond acceptors (Lipinski definition) is 4. The second-order valence-electron chi connectivity index (χ2n) is 6.63. The molecule has 1 fully saturated rings. The first-order valence-electron chi connectivity index (χ1n) is 9.00. The van der Waals surface area contributed by atoms with Crippen LogP contribution < -0.4 is 10.6 Å². The predicted octanol–water partition coefficient (Wildman–Crippen LogP) is 4.27. The van der Waals surface area contributed by atoms with Crippen molar-refractivity contribution >= 4 is 17.3 Å². The van der Waals surface area contributed by atoms with E-state index in [1.165, 1.54) is 31.4 Å². The third kappa shape index (κ3) is 4.59. The van der Waals surface area contributed by atoms with E-state index in [1.807, 2.05) is 30.3 Å². The molecule has 0 aliphatic heterocycles. The molecule has 2 aromatic carbocycles. The van der Waals surface area contributed by atoms with Crippen LogP contribution in [0, 0.1) is 10.1 Å². The molecule has 0 atom stereocenters. The van der Waals surface area contributed by atoms with E-state index in [0.717, 1.165) is 18.4 Å². The topological polar surface area (TPSA) is 84.3 Å². The van der Waals surface area contributed by atoms with Gasteiger partial charge in [-0.2, -0.15) is 0 Å². The normalized spacial score (nSPS) is 14.6. The van der Waals surface area contributed by atoms with Crippen LogP contribution in [0.2, 0.25) is 0 Å². The summed E-state index contributed by atoms with van der Waals surface area (Å²) >= 11 is 0. The highest BCUT2D eigenvalue weighted by Gasteiger charge is 2.20. The van der Waals surface area contributed by atoms with E-state index in [0.29, 0.717) is 23.8 Å². The number of carbonyl (C=O) groups is 1. The molecule has 2 N–H and O–H groups in total. The van der Waals surface area contributed by atoms with Gasteiger partial charge in [0.1, 0.15) is 0 Å². The number of nitro groups is 1. The second-order valence-corrected chi connectivity index (χ2v) is 6.63. The molecular weight excluding hydrogens is 330 g/mol. The van der Waals surface area contributed by atoms with Crippen molar-refractivity contribution in [3.05, 3.63) is 69.8 Å². The van der Waals surface area contributed by atoms with Crippen LogP contribution in [0.4, 0.5) is 11.4 Å². The summed E-state index contributed by atoms with van der Waals surface area (Å²) in [5, 5.41) is 17.4. The van der Waals surface area contributed by atoms with Crippen molar-refractivity contribution in [3.8, 4) is 0 Å². The predicted molar refractivity (Wildman–Crippen MR) is 101 cm³/mol. The number of benzene rings is 2. The fourth-order valence-electron chi connectivity index (χ4n) is 3.30. The van der Waals surface area contributed by atoms with E-state index in [1.54, 1.807) is 6.07 Å². The maximum Gasteiger partial charge on any atom is 0.270 e. The van der Waals surface area contributed by atoms with Gasteiger partial charge in [-0.3, -0.25) is 14.9 Å². The van der Waals surface area contributed by atoms with Crippen LogP contribution in [0.1, 0.15) is 48.0 Å². The largest absolute Gasteiger partial charge is 0.382 e. The average molecular weight is 353 g/mol. The molecule has 0 saturated heterocycles. The fraction of sp³-hybridized carbons (Fsp3) is 0.350. The first kappa shape index (κ1) is 17.9. The molecule has 0 heterocycles. The Morgan fingerprint density at radius 2 is 1.81 bits per heavy atom. The number of anilines is 1. The molecule has 26 heavy (non-hydrogen) atoms. The molecule has 2 aromatic rings. The molecule has 6 nitrogen and oxygen atoms in total. The van der Waals surface area contributed by atoms with Gasteiger partial charge in [0.05, 0.1) is 10.5 Å². The van der Waals surface area contributed by atoms with Crippen LogP contribution in [0.15, 0.2) is 48.5 Å². The number of amides is 1. The van der Waals surface area contributed by atoms with Crippen LogP contribution in [-0.4, -0.2) is 16.9 Å². The Hall–Kier alpha value is -2.89. The summed E-state index contributed by atoms with van der Waals surface area (Å²) in [6.07, 6.45) is 5.69. The van der Waals surface area contributed by atoms with Gasteiger partial charge in [-0.05, 0) is 24.5 Å². The number of rotatable bonds is 6. The highest BCUT2D eigenvalue weighted by molar-refractivity contribution is 6.00. The first-order valence-corrected chi connectivity index (χ1v) is 9.00. The summed E-state index contributed by atoms with van der Waals surface area (Å²) < 4.78 is 0. The van der Waals surface area contributed by atoms with Crippen molar-refractivity contribution in [2.24, 2.45) is 0 Å². The smallest absolute Gasteiger partial charge is 0.270 e. The number of nitro benzene ring substituents is 1. The lowest BCUT2D eigenvalue weighted by atomic mass is 9.95. The standard InChI is InChI=1S/C20H23N3O3/c24-20(21-14-15-7-3-1-4-8-15)18-13-17(23(25)26)11-12-19(18)22-16-9-5-2-6-10-16/h1,3-4,7-8,11-13,16,22H,2,5-6,9-10,14H2,(H,21,24). The Balaban J connectivity index is 1.78. The lowest BCUT2D eigenvalue weighted by molar-refractivity contribution is -0.384. The van der Waals surface area contributed by atoms with Gasteiger partial charge >= 0.3 is 0 Å². The van der Waals surface area contributed by atoms with Gasteiger partial charge in [-0.1, -0.05) is 49.6 Å². The van der Waals surface area contributed by atoms with Gasteiger partial charge < -0.3 is 10.6 Å². The van der Waals surface area contributed by atoms with Crippen LogP contribution in [-0.2, 0) is 6.54 Å². The Morgan fingerprint density at radius 1 is 1.08 bits per heavy atom. The van der Waals surface area contributed by atoms with Gasteiger partial charge in [0.2, 0.25) is 0 Å². The first-order chi connectivity index (χ1) is 12.6. The van der Waals surface area contributed by atoms with Crippen molar-refractivity contribution in [1.82, 2.24) is 5.32 Å². The van der Waals surface area contributed by atoms with Crippen molar-refractivity contribution in [2.45, 2.75) is 44.7 Å². The van der Waals surface area contributed by atoms with Crippen molar-refractivity contribution in [2.75, 3.05) is 5.32 Å². The Bertz CT molecular complexity index is 771. The molecule has 1 amide bonds. The number of nitrogens with one attached hydrogen (secondary N) is 2. The SMILES string of the molecule is O=C(NCc1ccccc1)c1cc([N+](=O)[O-])ccc1NC1CCCCC1. The summed E-state index contributed by atoms with van der Waals surface area (Å²) in [4.78, 5) is 23.3. The Morgan fingerprint density at radius 3 is 2.50 bits per heavy atom. The molecule has 136 valence electrons. The third-order valence-corrected chi connectivity index (χ3v) is 4.72. The summed E-state index contributed by atoms with van der Waals surface area (Å²) in [7, 11) is 0. The summed E-state index contributed by atoms with van der Waals surface area (Å²) in [5.74, 6) is -0.309. The van der Waals surface area contributed by atoms with Crippen LogP contribution in [0.5, 0.6) is 0 Å². The number of hydrogen-bond donors (Lipinski definition) is 2. The zero-order chi connectivity index (χ0) is 18.4. The summed E-state index contributed by atoms with van der Waals surface area (Å²) in [5.41, 5.74) is 1.88. The molecular formula is C20H23N3O3. The van der Waals surface area contributed by atoms with E-state index in [4.69, 9.17) is 0 Å². The Kier molecular flexibility index (Phi) is 5.84. The molecule has 0 radical (unpaired) electrons. The molecule has 3 rings (SSSR count). The summed E-state index contributed by atoms with van der Waals surface area (Å²) in [6.45, 7) is 0.380. The van der Waals surface area contributed by atoms with E-state index >= 15 is 0 Å². The van der Waals surface area contributed by atoms with Gasteiger partial charge in [0.15, 0.2) is 0 Å². The minimum absolute atomic E-state index is 0.0796. The maximum atomic E-state index is 12.7. The Labute approximate surface area is 152 Å². The quantitative estimate of drug-likeness (QED) is 0.600. The van der Waals surface area contributed by atoms with E-state index < -0.39 is 4.92 Å². The zero-order valence-electron chi connectivity index (χ0n) is 14.6. The molecule has 0 bridgehead atoms. The lowest BCUT2D eigenvalue weighted by Gasteiger charge is -2.25. The average Bonchev–Trinajstić information content (AvgIpc) is 2.68. The molecule has 0 aromatic heterocycles. The molecule has 1 saturated carbocycles. The van der Waals surface area contributed by atoms with Crippen LogP contribution in [0.25, 0.3) is 0 Å². The lowest BCUT2D eigenvalue weighted by Crippen LogP contribution is -2.27. The minimum Gasteiger partial charge on any atom is -0.382 e. The monoisotopic (exact) mass is 353 g/mol. The minimum atomic E-state index is -0.474. The van der Waals surface area contributed by atoms with Gasteiger partial charge in [-0.15, -0.1) is 0 Å². The highest BCUT2D eigenvalue weighted by atomic mass is 16.6. The third-order valence-electron chi connectivity index (χ3n) is 4.72. The number of nitrogens with zero attached hydrogens (tertiary/aromatic N) is 1. The van der Waals surface area contributed by atoms with Crippen LogP contribution in [0.3, 0.4) is 0 Å². The van der Waals surface area contributed by atoms with Crippen molar-refractivity contribution in [1.29, 1.82) is 0 Å². The van der Waals surface area contributed by atoms with E-state index in [2.05, 4.69) is 10.6 Å². The summed E-state index contributed by atoms with van der Waals surface area (Å²) in [6, 6.07) is 14.3. The van der Waals surface area contributed by atoms with E-state index in [9.17, 15) is 14.9 Å². The molecule has 0 spiro atoms. The molecule has 6 heteroatoms. The van der Waals surface area contributed by atoms with Gasteiger partial charge in [-0.25, -0.2) is 0 Å². The van der Waals surface area contributed by atoms with Crippen molar-refractivity contribution < 1.29 is 9.72 Å². The maximum absolute atomic E-state index is 12.7. The molecule has 1 aliphatic carbocycles.